The van der Waals surface area contributed by atoms with E-state index >= 15 is 0 Å². The highest BCUT2D eigenvalue weighted by Crippen LogP contribution is 2.26. The SMILES string of the molecule is Nc1cc(Cl)ccc1OCc1nnc2n1CCCC2. The summed E-state index contributed by atoms with van der Waals surface area (Å²) in [5.41, 5.74) is 6.38. The average Bonchev–Trinajstić information content (AvgIpc) is 2.81. The second-order valence-electron chi connectivity index (χ2n) is 4.61. The predicted molar refractivity (Wildman–Crippen MR) is 73.2 cm³/mol. The minimum atomic E-state index is 0.374. The fraction of sp³-hybridized carbons (Fsp3) is 0.385. The summed E-state index contributed by atoms with van der Waals surface area (Å²) in [6.07, 6.45) is 3.35. The van der Waals surface area contributed by atoms with Crippen LogP contribution in [0.15, 0.2) is 18.2 Å². The Morgan fingerprint density at radius 2 is 2.21 bits per heavy atom. The van der Waals surface area contributed by atoms with Gasteiger partial charge in [-0.1, -0.05) is 11.6 Å². The van der Waals surface area contributed by atoms with Crippen molar-refractivity contribution in [1.82, 2.24) is 14.8 Å². The highest BCUT2D eigenvalue weighted by molar-refractivity contribution is 6.30. The molecule has 0 radical (unpaired) electrons. The Morgan fingerprint density at radius 3 is 3.05 bits per heavy atom. The van der Waals surface area contributed by atoms with Gasteiger partial charge in [-0.2, -0.15) is 0 Å². The maximum atomic E-state index is 5.85. The van der Waals surface area contributed by atoms with Crippen molar-refractivity contribution in [3.63, 3.8) is 0 Å². The molecule has 0 atom stereocenters. The summed E-state index contributed by atoms with van der Waals surface area (Å²) in [7, 11) is 0. The molecular weight excluding hydrogens is 264 g/mol. The van der Waals surface area contributed by atoms with E-state index in [-0.39, 0.29) is 0 Å². The van der Waals surface area contributed by atoms with Gasteiger partial charge in [-0.05, 0) is 31.0 Å². The van der Waals surface area contributed by atoms with Gasteiger partial charge in [-0.15, -0.1) is 10.2 Å². The zero-order valence-electron chi connectivity index (χ0n) is 10.5. The lowest BCUT2D eigenvalue weighted by molar-refractivity contribution is 0.287. The number of aryl methyl sites for hydroxylation is 1. The molecule has 0 unspecified atom stereocenters. The van der Waals surface area contributed by atoms with Crippen molar-refractivity contribution in [3.05, 3.63) is 34.9 Å². The fourth-order valence-electron chi connectivity index (χ4n) is 2.27. The van der Waals surface area contributed by atoms with E-state index in [1.807, 2.05) is 0 Å². The van der Waals surface area contributed by atoms with Crippen LogP contribution < -0.4 is 10.5 Å². The summed E-state index contributed by atoms with van der Waals surface area (Å²) in [5, 5.41) is 8.97. The molecule has 0 fully saturated rings. The fourth-order valence-corrected chi connectivity index (χ4v) is 2.45. The van der Waals surface area contributed by atoms with Crippen LogP contribution in [0.25, 0.3) is 0 Å². The van der Waals surface area contributed by atoms with Crippen LogP contribution in [0.5, 0.6) is 5.75 Å². The minimum absolute atomic E-state index is 0.374. The first kappa shape index (κ1) is 12.3. The van der Waals surface area contributed by atoms with Crippen LogP contribution in [0.2, 0.25) is 5.02 Å². The third-order valence-corrected chi connectivity index (χ3v) is 3.50. The number of nitrogens with two attached hydrogens (primary N) is 1. The first-order valence-electron chi connectivity index (χ1n) is 6.33. The Kier molecular flexibility index (Phi) is 3.29. The molecule has 19 heavy (non-hydrogen) atoms. The number of anilines is 1. The standard InChI is InChI=1S/C13H15ClN4O/c14-9-4-5-11(10(15)7-9)19-8-13-17-16-12-3-1-2-6-18(12)13/h4-5,7H,1-3,6,8,15H2. The lowest BCUT2D eigenvalue weighted by Crippen LogP contribution is -2.14. The molecule has 1 aromatic heterocycles. The zero-order valence-corrected chi connectivity index (χ0v) is 11.2. The van der Waals surface area contributed by atoms with E-state index in [4.69, 9.17) is 22.1 Å². The number of hydrogen-bond acceptors (Lipinski definition) is 4. The van der Waals surface area contributed by atoms with Crippen molar-refractivity contribution in [2.24, 2.45) is 0 Å². The zero-order chi connectivity index (χ0) is 13.2. The highest BCUT2D eigenvalue weighted by Gasteiger charge is 2.16. The summed E-state index contributed by atoms with van der Waals surface area (Å²) in [6, 6.07) is 5.20. The molecule has 1 aromatic carbocycles. The van der Waals surface area contributed by atoms with Gasteiger partial charge >= 0.3 is 0 Å². The summed E-state index contributed by atoms with van der Waals surface area (Å²) in [5.74, 6) is 2.52. The van der Waals surface area contributed by atoms with Gasteiger partial charge in [-0.3, -0.25) is 0 Å². The molecule has 0 amide bonds. The van der Waals surface area contributed by atoms with Crippen LogP contribution in [0, 0.1) is 0 Å². The Balaban J connectivity index is 1.74. The summed E-state index contributed by atoms with van der Waals surface area (Å²) < 4.78 is 7.83. The maximum Gasteiger partial charge on any atom is 0.171 e. The maximum absolute atomic E-state index is 5.85. The van der Waals surface area contributed by atoms with E-state index in [0.29, 0.717) is 23.1 Å². The number of hydrogen-bond donors (Lipinski definition) is 1. The summed E-state index contributed by atoms with van der Waals surface area (Å²) >= 11 is 5.85. The largest absolute Gasteiger partial charge is 0.483 e. The van der Waals surface area contributed by atoms with Crippen LogP contribution in [0.3, 0.4) is 0 Å². The van der Waals surface area contributed by atoms with Crippen molar-refractivity contribution in [1.29, 1.82) is 0 Å². The number of halogens is 1. The third-order valence-electron chi connectivity index (χ3n) is 3.26. The molecule has 5 nitrogen and oxygen atoms in total. The van der Waals surface area contributed by atoms with Crippen molar-refractivity contribution in [2.45, 2.75) is 32.4 Å². The number of nitrogen functional groups attached to an aromatic ring is 1. The van der Waals surface area contributed by atoms with Crippen molar-refractivity contribution in [3.8, 4) is 5.75 Å². The molecule has 0 bridgehead atoms. The molecule has 2 N–H and O–H groups in total. The molecule has 0 saturated carbocycles. The molecule has 2 heterocycles. The number of nitrogens with zero attached hydrogens (tertiary/aromatic N) is 3. The van der Waals surface area contributed by atoms with Crippen LogP contribution in [-0.4, -0.2) is 14.8 Å². The van der Waals surface area contributed by atoms with Gasteiger partial charge in [0.05, 0.1) is 5.69 Å². The van der Waals surface area contributed by atoms with E-state index in [9.17, 15) is 0 Å². The van der Waals surface area contributed by atoms with Crippen LogP contribution in [0.1, 0.15) is 24.5 Å². The summed E-state index contributed by atoms with van der Waals surface area (Å²) in [6.45, 7) is 1.34. The normalized spacial score (nSPS) is 14.2. The lowest BCUT2D eigenvalue weighted by Gasteiger charge is -2.15. The third kappa shape index (κ3) is 2.51. The Hall–Kier alpha value is -1.75. The molecule has 0 saturated heterocycles. The van der Waals surface area contributed by atoms with E-state index < -0.39 is 0 Å². The molecule has 3 rings (SSSR count). The Morgan fingerprint density at radius 1 is 1.32 bits per heavy atom. The van der Waals surface area contributed by atoms with E-state index in [0.717, 1.165) is 24.6 Å². The van der Waals surface area contributed by atoms with E-state index in [1.165, 1.54) is 12.8 Å². The predicted octanol–water partition coefficient (Wildman–Crippen LogP) is 2.43. The second-order valence-corrected chi connectivity index (χ2v) is 5.05. The molecule has 100 valence electrons. The van der Waals surface area contributed by atoms with Gasteiger partial charge in [0.15, 0.2) is 5.82 Å². The number of rotatable bonds is 3. The van der Waals surface area contributed by atoms with E-state index in [1.54, 1.807) is 18.2 Å². The van der Waals surface area contributed by atoms with Crippen LogP contribution in [0.4, 0.5) is 5.69 Å². The summed E-state index contributed by atoms with van der Waals surface area (Å²) in [4.78, 5) is 0. The number of fused-ring (bicyclic) bond motifs is 1. The quantitative estimate of drug-likeness (QED) is 0.876. The molecule has 0 aliphatic carbocycles. The first-order chi connectivity index (χ1) is 9.24. The number of ether oxygens (including phenoxy) is 1. The van der Waals surface area contributed by atoms with Gasteiger partial charge in [0.25, 0.3) is 0 Å². The van der Waals surface area contributed by atoms with Gasteiger partial charge < -0.3 is 15.0 Å². The van der Waals surface area contributed by atoms with Crippen LogP contribution in [-0.2, 0) is 19.6 Å². The van der Waals surface area contributed by atoms with Gasteiger partial charge in [0, 0.05) is 18.0 Å². The Labute approximate surface area is 116 Å². The monoisotopic (exact) mass is 278 g/mol. The van der Waals surface area contributed by atoms with Crippen molar-refractivity contribution < 1.29 is 4.74 Å². The van der Waals surface area contributed by atoms with E-state index in [2.05, 4.69) is 14.8 Å². The van der Waals surface area contributed by atoms with Crippen molar-refractivity contribution >= 4 is 17.3 Å². The number of benzene rings is 1. The van der Waals surface area contributed by atoms with Gasteiger partial charge in [0.2, 0.25) is 0 Å². The lowest BCUT2D eigenvalue weighted by atomic mass is 10.2. The van der Waals surface area contributed by atoms with Gasteiger partial charge in [-0.25, -0.2) is 0 Å². The average molecular weight is 279 g/mol. The smallest absolute Gasteiger partial charge is 0.171 e. The van der Waals surface area contributed by atoms with Crippen molar-refractivity contribution in [2.75, 3.05) is 5.73 Å². The molecule has 1 aliphatic rings. The van der Waals surface area contributed by atoms with Crippen LogP contribution >= 0.6 is 11.6 Å². The first-order valence-corrected chi connectivity index (χ1v) is 6.70. The second kappa shape index (κ2) is 5.09. The molecule has 0 spiro atoms. The highest BCUT2D eigenvalue weighted by atomic mass is 35.5. The Bertz CT molecular complexity index is 596. The van der Waals surface area contributed by atoms with Gasteiger partial charge in [0.1, 0.15) is 18.2 Å². The minimum Gasteiger partial charge on any atom is -0.483 e. The number of aromatic nitrogens is 3. The molecular formula is C13H15ClN4O. The molecule has 1 aliphatic heterocycles. The topological polar surface area (TPSA) is 66.0 Å². The molecule has 6 heteroatoms. The molecule has 2 aromatic rings.